The number of hydrogen-bond acceptors (Lipinski definition) is 6. The zero-order valence-corrected chi connectivity index (χ0v) is 18.0. The predicted octanol–water partition coefficient (Wildman–Crippen LogP) is 3.37. The van der Waals surface area contributed by atoms with Crippen molar-refractivity contribution in [3.05, 3.63) is 53.1 Å². The van der Waals surface area contributed by atoms with E-state index in [0.29, 0.717) is 5.13 Å². The van der Waals surface area contributed by atoms with Crippen LogP contribution in [0.5, 0.6) is 0 Å². The molecule has 0 radical (unpaired) electrons. The van der Waals surface area contributed by atoms with E-state index in [1.54, 1.807) is 0 Å². The first-order valence-electron chi connectivity index (χ1n) is 10.8. The number of benzene rings is 1. The van der Waals surface area contributed by atoms with Gasteiger partial charge in [0, 0.05) is 6.42 Å². The molecule has 0 spiro atoms. The maximum Gasteiger partial charge on any atom is 0.234 e. The number of nitrogens with zero attached hydrogens (tertiary/aromatic N) is 3. The molecule has 3 aliphatic rings. The Bertz CT molecular complexity index is 1020. The van der Waals surface area contributed by atoms with E-state index in [1.807, 2.05) is 30.3 Å². The Hall–Kier alpha value is -2.87. The van der Waals surface area contributed by atoms with Crippen LogP contribution in [0.3, 0.4) is 0 Å². The van der Waals surface area contributed by atoms with Gasteiger partial charge in [-0.1, -0.05) is 60.7 Å². The van der Waals surface area contributed by atoms with E-state index in [1.165, 1.54) is 16.2 Å². The molecular formula is C23H24N4O3S. The molecule has 8 heteroatoms. The molecule has 31 heavy (non-hydrogen) atoms. The quantitative estimate of drug-likeness (QED) is 0.531. The number of imide groups is 1. The SMILES string of the molecule is CCCc1nnc(NC(=O)CC(c2ccccc2)N2C(=O)C3C4C=CC(C4)C3C2=O)s1. The first kappa shape index (κ1) is 20.1. The van der Waals surface area contributed by atoms with Gasteiger partial charge in [0.15, 0.2) is 0 Å². The van der Waals surface area contributed by atoms with E-state index in [-0.39, 0.29) is 47.8 Å². The van der Waals surface area contributed by atoms with Crippen molar-refractivity contribution in [2.75, 3.05) is 5.32 Å². The minimum Gasteiger partial charge on any atom is -0.300 e. The summed E-state index contributed by atoms with van der Waals surface area (Å²) < 4.78 is 0. The molecular weight excluding hydrogens is 412 g/mol. The van der Waals surface area contributed by atoms with Crippen molar-refractivity contribution < 1.29 is 14.4 Å². The average molecular weight is 437 g/mol. The van der Waals surface area contributed by atoms with E-state index in [9.17, 15) is 14.4 Å². The zero-order valence-electron chi connectivity index (χ0n) is 17.2. The van der Waals surface area contributed by atoms with Gasteiger partial charge in [-0.25, -0.2) is 0 Å². The van der Waals surface area contributed by atoms with Gasteiger partial charge in [0.1, 0.15) is 5.01 Å². The third kappa shape index (κ3) is 3.48. The van der Waals surface area contributed by atoms with Gasteiger partial charge in [0.05, 0.1) is 24.3 Å². The van der Waals surface area contributed by atoms with Crippen molar-refractivity contribution in [3.8, 4) is 0 Å². The van der Waals surface area contributed by atoms with Crippen LogP contribution in [-0.2, 0) is 20.8 Å². The van der Waals surface area contributed by atoms with Crippen molar-refractivity contribution in [2.24, 2.45) is 23.7 Å². The Morgan fingerprint density at radius 3 is 2.45 bits per heavy atom. The van der Waals surface area contributed by atoms with Crippen LogP contribution < -0.4 is 5.32 Å². The van der Waals surface area contributed by atoms with Crippen LogP contribution in [0.1, 0.15) is 42.8 Å². The summed E-state index contributed by atoms with van der Waals surface area (Å²) in [6.45, 7) is 2.06. The highest BCUT2D eigenvalue weighted by Crippen LogP contribution is 2.54. The number of fused-ring (bicyclic) bond motifs is 5. The predicted molar refractivity (Wildman–Crippen MR) is 116 cm³/mol. The molecule has 160 valence electrons. The Labute approximate surface area is 184 Å². The van der Waals surface area contributed by atoms with Crippen molar-refractivity contribution in [1.82, 2.24) is 15.1 Å². The summed E-state index contributed by atoms with van der Waals surface area (Å²) in [5.41, 5.74) is 0.781. The Balaban J connectivity index is 1.38. The third-order valence-corrected chi connectivity index (χ3v) is 7.45. The number of allylic oxidation sites excluding steroid dienone is 2. The average Bonchev–Trinajstić information content (AvgIpc) is 3.53. The molecule has 1 N–H and O–H groups in total. The van der Waals surface area contributed by atoms with Crippen LogP contribution in [0.2, 0.25) is 0 Å². The highest BCUT2D eigenvalue weighted by molar-refractivity contribution is 7.15. The van der Waals surface area contributed by atoms with E-state index in [4.69, 9.17) is 0 Å². The van der Waals surface area contributed by atoms with Crippen LogP contribution >= 0.6 is 11.3 Å². The van der Waals surface area contributed by atoms with Crippen molar-refractivity contribution >= 4 is 34.2 Å². The zero-order chi connectivity index (χ0) is 21.5. The number of rotatable bonds is 7. The highest BCUT2D eigenvalue weighted by atomic mass is 32.1. The maximum atomic E-state index is 13.3. The number of amides is 3. The molecule has 2 heterocycles. The van der Waals surface area contributed by atoms with E-state index in [2.05, 4.69) is 34.6 Å². The van der Waals surface area contributed by atoms with Gasteiger partial charge in [0.2, 0.25) is 22.9 Å². The lowest BCUT2D eigenvalue weighted by atomic mass is 9.85. The molecule has 3 amide bonds. The molecule has 1 aliphatic heterocycles. The fourth-order valence-corrected chi connectivity index (χ4v) is 6.09. The molecule has 5 unspecified atom stereocenters. The third-order valence-electron chi connectivity index (χ3n) is 6.56. The molecule has 1 aromatic carbocycles. The number of nitrogens with one attached hydrogen (secondary N) is 1. The van der Waals surface area contributed by atoms with Crippen LogP contribution in [0.4, 0.5) is 5.13 Å². The number of aryl methyl sites for hydroxylation is 1. The van der Waals surface area contributed by atoms with Gasteiger partial charge in [0.25, 0.3) is 0 Å². The number of anilines is 1. The number of carbonyl (C=O) groups excluding carboxylic acids is 3. The molecule has 5 atom stereocenters. The second-order valence-electron chi connectivity index (χ2n) is 8.48. The van der Waals surface area contributed by atoms with Crippen molar-refractivity contribution in [2.45, 2.75) is 38.6 Å². The molecule has 2 aromatic rings. The Morgan fingerprint density at radius 2 is 1.81 bits per heavy atom. The van der Waals surface area contributed by atoms with Crippen LogP contribution in [0, 0.1) is 23.7 Å². The summed E-state index contributed by atoms with van der Waals surface area (Å²) in [5.74, 6) is -0.857. The molecule has 1 aromatic heterocycles. The van der Waals surface area contributed by atoms with Gasteiger partial charge in [-0.15, -0.1) is 10.2 Å². The normalized spacial score (nSPS) is 27.1. The lowest BCUT2D eigenvalue weighted by Crippen LogP contribution is -2.38. The van der Waals surface area contributed by atoms with E-state index in [0.717, 1.165) is 29.8 Å². The van der Waals surface area contributed by atoms with Crippen molar-refractivity contribution in [1.29, 1.82) is 0 Å². The molecule has 5 rings (SSSR count). The summed E-state index contributed by atoms with van der Waals surface area (Å²) in [6, 6.07) is 8.70. The largest absolute Gasteiger partial charge is 0.300 e. The fourth-order valence-electron chi connectivity index (χ4n) is 5.23. The molecule has 7 nitrogen and oxygen atoms in total. The Kier molecular flexibility index (Phi) is 5.17. The topological polar surface area (TPSA) is 92.3 Å². The molecule has 1 saturated carbocycles. The van der Waals surface area contributed by atoms with E-state index >= 15 is 0 Å². The van der Waals surface area contributed by atoms with Crippen LogP contribution in [0.25, 0.3) is 0 Å². The summed E-state index contributed by atoms with van der Waals surface area (Å²) in [4.78, 5) is 40.9. The van der Waals surface area contributed by atoms with Gasteiger partial charge < -0.3 is 5.32 Å². The van der Waals surface area contributed by atoms with Crippen LogP contribution in [-0.4, -0.2) is 32.8 Å². The molecule has 2 aliphatic carbocycles. The van der Waals surface area contributed by atoms with Gasteiger partial charge in [-0.3, -0.25) is 19.3 Å². The minimum atomic E-state index is -0.630. The second-order valence-corrected chi connectivity index (χ2v) is 9.54. The minimum absolute atomic E-state index is 0.00755. The number of aromatic nitrogens is 2. The maximum absolute atomic E-state index is 13.3. The lowest BCUT2D eigenvalue weighted by Gasteiger charge is -2.27. The van der Waals surface area contributed by atoms with Gasteiger partial charge >= 0.3 is 0 Å². The van der Waals surface area contributed by atoms with Gasteiger partial charge in [-0.05, 0) is 30.2 Å². The van der Waals surface area contributed by atoms with Gasteiger partial charge in [-0.2, -0.15) is 0 Å². The van der Waals surface area contributed by atoms with E-state index < -0.39 is 6.04 Å². The smallest absolute Gasteiger partial charge is 0.234 e. The highest BCUT2D eigenvalue weighted by Gasteiger charge is 2.60. The molecule has 2 bridgehead atoms. The summed E-state index contributed by atoms with van der Waals surface area (Å²) in [7, 11) is 0. The summed E-state index contributed by atoms with van der Waals surface area (Å²) in [5, 5.41) is 12.2. The molecule has 2 fully saturated rings. The van der Waals surface area contributed by atoms with Crippen molar-refractivity contribution in [3.63, 3.8) is 0 Å². The number of hydrogen-bond donors (Lipinski definition) is 1. The standard InChI is InChI=1S/C23H24N4O3S/c1-2-6-18-25-26-23(31-18)24-17(28)12-16(13-7-4-3-5-8-13)27-21(29)19-14-9-10-15(11-14)20(19)22(27)30/h3-5,7-10,14-16,19-20H,2,6,11-12H2,1H3,(H,24,26,28). The monoisotopic (exact) mass is 436 g/mol. The number of likely N-dealkylation sites (tertiary alicyclic amines) is 1. The second kappa shape index (κ2) is 8.00. The first-order valence-corrected chi connectivity index (χ1v) is 11.6. The Morgan fingerprint density at radius 1 is 1.13 bits per heavy atom. The first-order chi connectivity index (χ1) is 15.1. The summed E-state index contributed by atoms with van der Waals surface area (Å²) in [6.07, 6.45) is 6.80. The lowest BCUT2D eigenvalue weighted by molar-refractivity contribution is -0.144. The molecule has 1 saturated heterocycles. The number of carbonyl (C=O) groups is 3. The van der Waals surface area contributed by atoms with Crippen LogP contribution in [0.15, 0.2) is 42.5 Å². The summed E-state index contributed by atoms with van der Waals surface area (Å²) >= 11 is 1.35. The fraction of sp³-hybridized carbons (Fsp3) is 0.435.